The minimum absolute atomic E-state index is 0. The molecule has 0 aromatic carbocycles. The third kappa shape index (κ3) is 6.04. The molecule has 0 saturated carbocycles. The first-order valence-electron chi connectivity index (χ1n) is 6.68. The van der Waals surface area contributed by atoms with Gasteiger partial charge in [0, 0.05) is 19.1 Å². The van der Waals surface area contributed by atoms with Gasteiger partial charge >= 0.3 is 0 Å². The van der Waals surface area contributed by atoms with E-state index in [1.54, 1.807) is 0 Å². The van der Waals surface area contributed by atoms with Gasteiger partial charge in [-0.3, -0.25) is 9.89 Å². The first-order valence-corrected chi connectivity index (χ1v) is 6.68. The number of hydrogen-bond acceptors (Lipinski definition) is 2. The number of likely N-dealkylation sites (tertiary alicyclic amines) is 1. The van der Waals surface area contributed by atoms with E-state index in [-0.39, 0.29) is 24.0 Å². The molecule has 5 heteroatoms. The molecule has 1 saturated heterocycles. The molecule has 1 heterocycles. The highest BCUT2D eigenvalue weighted by molar-refractivity contribution is 14.0. The van der Waals surface area contributed by atoms with Crippen molar-refractivity contribution in [2.24, 2.45) is 4.99 Å². The fraction of sp³-hybridized carbons (Fsp3) is 0.769. The summed E-state index contributed by atoms with van der Waals surface area (Å²) in [6.45, 7) is 12.9. The molecule has 0 aliphatic carbocycles. The standard InChI is InChI=1S/C13H26N4.HI/c1-4-9-15-13(14-5-2)16-11-12-8-7-10-17(12)6-3;/h4,12H,1,5-11H2,2-3H3,(H2,14,15,16);1H. The lowest BCUT2D eigenvalue weighted by Gasteiger charge is -2.21. The molecule has 2 N–H and O–H groups in total. The third-order valence-electron chi connectivity index (χ3n) is 3.12. The summed E-state index contributed by atoms with van der Waals surface area (Å²) in [5.41, 5.74) is 0. The SMILES string of the molecule is C=CCNC(=NCC1CCCN1CC)NCC.I. The van der Waals surface area contributed by atoms with E-state index in [1.165, 1.54) is 19.4 Å². The normalized spacial score (nSPS) is 20.3. The Balaban J connectivity index is 0.00000289. The summed E-state index contributed by atoms with van der Waals surface area (Å²) >= 11 is 0. The average molecular weight is 366 g/mol. The zero-order valence-electron chi connectivity index (χ0n) is 11.6. The second-order valence-electron chi connectivity index (χ2n) is 4.31. The van der Waals surface area contributed by atoms with Crippen LogP contribution in [-0.2, 0) is 0 Å². The molecule has 106 valence electrons. The highest BCUT2D eigenvalue weighted by Crippen LogP contribution is 2.16. The number of nitrogens with zero attached hydrogens (tertiary/aromatic N) is 2. The van der Waals surface area contributed by atoms with Gasteiger partial charge in [0.25, 0.3) is 0 Å². The van der Waals surface area contributed by atoms with Crippen LogP contribution < -0.4 is 10.6 Å². The fourth-order valence-corrected chi connectivity index (χ4v) is 2.23. The van der Waals surface area contributed by atoms with Crippen molar-refractivity contribution in [1.29, 1.82) is 0 Å². The van der Waals surface area contributed by atoms with Crippen molar-refractivity contribution in [3.8, 4) is 0 Å². The van der Waals surface area contributed by atoms with Gasteiger partial charge in [0.1, 0.15) is 0 Å². The van der Waals surface area contributed by atoms with E-state index in [0.717, 1.165) is 32.1 Å². The van der Waals surface area contributed by atoms with Crippen LogP contribution in [-0.4, -0.2) is 49.6 Å². The molecule has 0 aromatic heterocycles. The summed E-state index contributed by atoms with van der Waals surface area (Å²) in [5, 5.41) is 6.48. The highest BCUT2D eigenvalue weighted by atomic mass is 127. The minimum atomic E-state index is 0. The molecule has 4 nitrogen and oxygen atoms in total. The molecule has 0 amide bonds. The van der Waals surface area contributed by atoms with Crippen LogP contribution in [0.25, 0.3) is 0 Å². The predicted molar refractivity (Wildman–Crippen MR) is 89.9 cm³/mol. The number of halogens is 1. The second-order valence-corrected chi connectivity index (χ2v) is 4.31. The van der Waals surface area contributed by atoms with Crippen LogP contribution in [0.4, 0.5) is 0 Å². The Morgan fingerprint density at radius 3 is 2.83 bits per heavy atom. The molecule has 1 fully saturated rings. The van der Waals surface area contributed by atoms with Crippen LogP contribution in [0.1, 0.15) is 26.7 Å². The maximum absolute atomic E-state index is 4.64. The van der Waals surface area contributed by atoms with Gasteiger partial charge < -0.3 is 10.6 Å². The smallest absolute Gasteiger partial charge is 0.191 e. The van der Waals surface area contributed by atoms with Crippen molar-refractivity contribution in [1.82, 2.24) is 15.5 Å². The number of aliphatic imine (C=N–C) groups is 1. The molecule has 1 atom stereocenters. The van der Waals surface area contributed by atoms with E-state index in [4.69, 9.17) is 0 Å². The summed E-state index contributed by atoms with van der Waals surface area (Å²) in [4.78, 5) is 7.15. The molecule has 0 radical (unpaired) electrons. The summed E-state index contributed by atoms with van der Waals surface area (Å²) in [7, 11) is 0. The molecule has 1 aliphatic rings. The maximum atomic E-state index is 4.64. The van der Waals surface area contributed by atoms with Gasteiger partial charge in [-0.1, -0.05) is 13.0 Å². The Hall–Kier alpha value is -0.300. The molecular formula is C13H27IN4. The third-order valence-corrected chi connectivity index (χ3v) is 3.12. The van der Waals surface area contributed by atoms with Crippen molar-refractivity contribution in [3.63, 3.8) is 0 Å². The van der Waals surface area contributed by atoms with Gasteiger partial charge in [0.05, 0.1) is 6.54 Å². The topological polar surface area (TPSA) is 39.7 Å². The van der Waals surface area contributed by atoms with Crippen LogP contribution in [0, 0.1) is 0 Å². The molecule has 1 aliphatic heterocycles. The Morgan fingerprint density at radius 2 is 2.22 bits per heavy atom. The average Bonchev–Trinajstić information content (AvgIpc) is 2.80. The molecule has 1 unspecified atom stereocenters. The lowest BCUT2D eigenvalue weighted by molar-refractivity contribution is 0.273. The second kappa shape index (κ2) is 10.6. The lowest BCUT2D eigenvalue weighted by Crippen LogP contribution is -2.39. The molecule has 0 aromatic rings. The number of nitrogens with one attached hydrogen (secondary N) is 2. The van der Waals surface area contributed by atoms with E-state index in [2.05, 4.69) is 41.0 Å². The lowest BCUT2D eigenvalue weighted by atomic mass is 10.2. The largest absolute Gasteiger partial charge is 0.357 e. The van der Waals surface area contributed by atoms with Crippen molar-refractivity contribution in [2.75, 3.05) is 32.7 Å². The van der Waals surface area contributed by atoms with Crippen molar-refractivity contribution < 1.29 is 0 Å². The van der Waals surface area contributed by atoms with E-state index in [9.17, 15) is 0 Å². The van der Waals surface area contributed by atoms with E-state index < -0.39 is 0 Å². The first kappa shape index (κ1) is 17.7. The number of hydrogen-bond donors (Lipinski definition) is 2. The maximum Gasteiger partial charge on any atom is 0.191 e. The summed E-state index contributed by atoms with van der Waals surface area (Å²) in [6, 6.07) is 0.624. The van der Waals surface area contributed by atoms with Crippen molar-refractivity contribution >= 4 is 29.9 Å². The predicted octanol–water partition coefficient (Wildman–Crippen LogP) is 1.83. The number of guanidine groups is 1. The Labute approximate surface area is 128 Å². The number of rotatable bonds is 6. The summed E-state index contributed by atoms with van der Waals surface area (Å²) in [6.07, 6.45) is 4.43. The van der Waals surface area contributed by atoms with E-state index >= 15 is 0 Å². The monoisotopic (exact) mass is 366 g/mol. The summed E-state index contributed by atoms with van der Waals surface area (Å²) < 4.78 is 0. The highest BCUT2D eigenvalue weighted by Gasteiger charge is 2.22. The Morgan fingerprint density at radius 1 is 1.44 bits per heavy atom. The van der Waals surface area contributed by atoms with Crippen LogP contribution in [0.15, 0.2) is 17.6 Å². The molecule has 1 rings (SSSR count). The molecule has 18 heavy (non-hydrogen) atoms. The van der Waals surface area contributed by atoms with E-state index in [1.807, 2.05) is 6.08 Å². The van der Waals surface area contributed by atoms with Crippen LogP contribution in [0.3, 0.4) is 0 Å². The van der Waals surface area contributed by atoms with Gasteiger partial charge in [-0.05, 0) is 32.9 Å². The summed E-state index contributed by atoms with van der Waals surface area (Å²) in [5.74, 6) is 0.898. The van der Waals surface area contributed by atoms with Gasteiger partial charge in [0.15, 0.2) is 5.96 Å². The minimum Gasteiger partial charge on any atom is -0.357 e. The molecule has 0 bridgehead atoms. The quantitative estimate of drug-likeness (QED) is 0.326. The van der Waals surface area contributed by atoms with Gasteiger partial charge in [0.2, 0.25) is 0 Å². The van der Waals surface area contributed by atoms with E-state index in [0.29, 0.717) is 6.04 Å². The fourth-order valence-electron chi connectivity index (χ4n) is 2.23. The van der Waals surface area contributed by atoms with Gasteiger partial charge in [-0.2, -0.15) is 0 Å². The van der Waals surface area contributed by atoms with Crippen LogP contribution in [0.5, 0.6) is 0 Å². The first-order chi connectivity index (χ1) is 8.31. The van der Waals surface area contributed by atoms with Crippen LogP contribution >= 0.6 is 24.0 Å². The Kier molecular flexibility index (Phi) is 10.4. The zero-order valence-corrected chi connectivity index (χ0v) is 13.9. The van der Waals surface area contributed by atoms with Gasteiger partial charge in [-0.15, -0.1) is 30.6 Å². The molecule has 0 spiro atoms. The molecular weight excluding hydrogens is 339 g/mol. The van der Waals surface area contributed by atoms with Crippen molar-refractivity contribution in [2.45, 2.75) is 32.7 Å². The van der Waals surface area contributed by atoms with Crippen molar-refractivity contribution in [3.05, 3.63) is 12.7 Å². The Bertz CT molecular complexity index is 255. The number of likely N-dealkylation sites (N-methyl/N-ethyl adjacent to an activating group) is 1. The zero-order chi connectivity index (χ0) is 12.5. The van der Waals surface area contributed by atoms with Crippen LogP contribution in [0.2, 0.25) is 0 Å². The van der Waals surface area contributed by atoms with Gasteiger partial charge in [-0.25, -0.2) is 0 Å².